The summed E-state index contributed by atoms with van der Waals surface area (Å²) in [7, 11) is -0.955. The van der Waals surface area contributed by atoms with Crippen LogP contribution < -0.4 is 5.32 Å². The Hall–Kier alpha value is -2.73. The molecule has 1 aliphatic heterocycles. The van der Waals surface area contributed by atoms with Crippen LogP contribution in [0.2, 0.25) is 0 Å². The van der Waals surface area contributed by atoms with Crippen molar-refractivity contribution in [1.82, 2.24) is 9.78 Å². The normalized spacial score (nSPS) is 15.5. The zero-order valence-corrected chi connectivity index (χ0v) is 17.1. The van der Waals surface area contributed by atoms with Crippen molar-refractivity contribution in [1.29, 1.82) is 0 Å². The molecule has 0 bridgehead atoms. The van der Waals surface area contributed by atoms with Crippen molar-refractivity contribution in [3.8, 4) is 5.69 Å². The molecule has 1 atom stereocenters. The number of nitrogens with zero attached hydrogens (tertiary/aromatic N) is 2. The monoisotopic (exact) mass is 393 g/mol. The van der Waals surface area contributed by atoms with Crippen molar-refractivity contribution >= 4 is 22.5 Å². The Balaban J connectivity index is 1.69. The minimum Gasteiger partial charge on any atom is -0.310 e. The van der Waals surface area contributed by atoms with Gasteiger partial charge in [0.1, 0.15) is 5.82 Å². The van der Waals surface area contributed by atoms with E-state index in [0.29, 0.717) is 17.3 Å². The van der Waals surface area contributed by atoms with Crippen molar-refractivity contribution in [2.24, 2.45) is 0 Å². The molecule has 1 amide bonds. The van der Waals surface area contributed by atoms with Gasteiger partial charge in [0.15, 0.2) is 0 Å². The van der Waals surface area contributed by atoms with Crippen LogP contribution in [-0.2, 0) is 33.5 Å². The van der Waals surface area contributed by atoms with Crippen molar-refractivity contribution in [2.75, 3.05) is 5.32 Å². The molecule has 0 saturated heterocycles. The fraction of sp³-hybridized carbons (Fsp3) is 0.273. The molecule has 3 aromatic rings. The minimum absolute atomic E-state index is 0.100. The van der Waals surface area contributed by atoms with Crippen LogP contribution in [0.4, 0.5) is 5.82 Å². The second-order valence-corrected chi connectivity index (χ2v) is 8.88. The molecule has 0 spiro atoms. The molecule has 4 rings (SSSR count). The summed E-state index contributed by atoms with van der Waals surface area (Å²) in [6, 6.07) is 14.1. The van der Waals surface area contributed by atoms with Crippen LogP contribution in [0.1, 0.15) is 33.5 Å². The molecular weight excluding hydrogens is 370 g/mol. The summed E-state index contributed by atoms with van der Waals surface area (Å²) in [6.45, 7) is 6.10. The van der Waals surface area contributed by atoms with Crippen LogP contribution in [0.15, 0.2) is 42.5 Å². The molecule has 1 N–H and O–H groups in total. The molecule has 0 fully saturated rings. The van der Waals surface area contributed by atoms with Crippen LogP contribution in [0.5, 0.6) is 0 Å². The largest absolute Gasteiger partial charge is 0.310 e. The van der Waals surface area contributed by atoms with Gasteiger partial charge in [-0.2, -0.15) is 5.10 Å². The van der Waals surface area contributed by atoms with Gasteiger partial charge in [-0.3, -0.25) is 9.00 Å². The van der Waals surface area contributed by atoms with Crippen molar-refractivity contribution in [2.45, 2.75) is 38.7 Å². The standard InChI is InChI=1S/C22H23N3O2S/c1-14-5-4-6-17(10-14)11-21(26)23-22-18-12-28(27)13-19(18)24-25(22)20-8-7-15(2)9-16(20)3/h4-10H,11-13H2,1-3H3,(H,23,26)/t28-/m0/s1. The van der Waals surface area contributed by atoms with E-state index in [4.69, 9.17) is 0 Å². The van der Waals surface area contributed by atoms with Crippen LogP contribution >= 0.6 is 0 Å². The van der Waals surface area contributed by atoms with Crippen molar-refractivity contribution in [3.05, 3.63) is 76.0 Å². The first kappa shape index (κ1) is 18.6. The molecule has 0 saturated carbocycles. The van der Waals surface area contributed by atoms with E-state index in [2.05, 4.69) is 16.5 Å². The second kappa shape index (κ2) is 7.36. The van der Waals surface area contributed by atoms with Gasteiger partial charge in [-0.1, -0.05) is 47.5 Å². The molecule has 28 heavy (non-hydrogen) atoms. The summed E-state index contributed by atoms with van der Waals surface area (Å²) in [5, 5.41) is 7.73. The predicted molar refractivity (Wildman–Crippen MR) is 112 cm³/mol. The first-order valence-corrected chi connectivity index (χ1v) is 10.8. The first-order chi connectivity index (χ1) is 13.4. The van der Waals surface area contributed by atoms with Gasteiger partial charge in [0.25, 0.3) is 0 Å². The van der Waals surface area contributed by atoms with E-state index in [0.717, 1.165) is 33.6 Å². The van der Waals surface area contributed by atoms with Gasteiger partial charge < -0.3 is 5.32 Å². The molecular formula is C22H23N3O2S. The number of rotatable bonds is 4. The zero-order valence-electron chi connectivity index (χ0n) is 16.3. The lowest BCUT2D eigenvalue weighted by atomic mass is 10.1. The van der Waals surface area contributed by atoms with Crippen LogP contribution in [-0.4, -0.2) is 19.9 Å². The number of nitrogens with one attached hydrogen (secondary N) is 1. The molecule has 1 aliphatic rings. The number of hydrogen-bond acceptors (Lipinski definition) is 3. The number of aryl methyl sites for hydroxylation is 3. The van der Waals surface area contributed by atoms with E-state index < -0.39 is 10.8 Å². The summed E-state index contributed by atoms with van der Waals surface area (Å²) < 4.78 is 13.8. The Morgan fingerprint density at radius 3 is 2.64 bits per heavy atom. The Bertz CT molecular complexity index is 1100. The van der Waals surface area contributed by atoms with E-state index in [9.17, 15) is 9.00 Å². The van der Waals surface area contributed by atoms with Gasteiger partial charge in [0.2, 0.25) is 5.91 Å². The van der Waals surface area contributed by atoms with Gasteiger partial charge in [-0.05, 0) is 38.0 Å². The molecule has 0 radical (unpaired) electrons. The van der Waals surface area contributed by atoms with Gasteiger partial charge in [0, 0.05) is 16.4 Å². The molecule has 1 aromatic heterocycles. The molecule has 2 heterocycles. The average molecular weight is 394 g/mol. The summed E-state index contributed by atoms with van der Waals surface area (Å²) in [6.07, 6.45) is 0.289. The van der Waals surface area contributed by atoms with Crippen LogP contribution in [0, 0.1) is 20.8 Å². The van der Waals surface area contributed by atoms with E-state index in [1.807, 2.05) is 57.2 Å². The Kier molecular flexibility index (Phi) is 4.89. The summed E-state index contributed by atoms with van der Waals surface area (Å²) in [4.78, 5) is 12.8. The average Bonchev–Trinajstić information content (AvgIpc) is 3.12. The number of anilines is 1. The molecule has 0 unspecified atom stereocenters. The summed E-state index contributed by atoms with van der Waals surface area (Å²) in [5.41, 5.74) is 6.97. The molecule has 2 aromatic carbocycles. The summed E-state index contributed by atoms with van der Waals surface area (Å²) >= 11 is 0. The maximum atomic E-state index is 12.8. The number of benzene rings is 2. The van der Waals surface area contributed by atoms with E-state index in [1.54, 1.807) is 4.68 Å². The topological polar surface area (TPSA) is 64.0 Å². The predicted octanol–water partition coefficient (Wildman–Crippen LogP) is 3.74. The zero-order chi connectivity index (χ0) is 19.8. The molecule has 6 heteroatoms. The summed E-state index contributed by atoms with van der Waals surface area (Å²) in [5.74, 6) is 1.41. The van der Waals surface area contributed by atoms with E-state index >= 15 is 0 Å². The lowest BCUT2D eigenvalue weighted by molar-refractivity contribution is -0.115. The highest BCUT2D eigenvalue weighted by Gasteiger charge is 2.28. The minimum atomic E-state index is -0.955. The second-order valence-electron chi connectivity index (χ2n) is 7.42. The lowest BCUT2D eigenvalue weighted by Gasteiger charge is -2.13. The van der Waals surface area contributed by atoms with Gasteiger partial charge in [0.05, 0.1) is 29.3 Å². The molecule has 0 aliphatic carbocycles. The SMILES string of the molecule is Cc1cccc(CC(=O)Nc2c3c(nn2-c2ccc(C)cc2C)C[S@@](=O)C3)c1. The first-order valence-electron chi connectivity index (χ1n) is 9.29. The van der Waals surface area contributed by atoms with Gasteiger partial charge in [-0.15, -0.1) is 0 Å². The number of hydrogen-bond donors (Lipinski definition) is 1. The third-order valence-corrected chi connectivity index (χ3v) is 6.16. The Morgan fingerprint density at radius 1 is 1.11 bits per heavy atom. The highest BCUT2D eigenvalue weighted by Crippen LogP contribution is 2.32. The van der Waals surface area contributed by atoms with Crippen molar-refractivity contribution in [3.63, 3.8) is 0 Å². The number of aromatic nitrogens is 2. The third-order valence-electron chi connectivity index (χ3n) is 4.96. The van der Waals surface area contributed by atoms with Crippen molar-refractivity contribution < 1.29 is 9.00 Å². The highest BCUT2D eigenvalue weighted by molar-refractivity contribution is 7.83. The highest BCUT2D eigenvalue weighted by atomic mass is 32.2. The Labute approximate surface area is 167 Å². The number of amides is 1. The molecule has 144 valence electrons. The van der Waals surface area contributed by atoms with Gasteiger partial charge >= 0.3 is 0 Å². The number of carbonyl (C=O) groups excluding carboxylic acids is 1. The quantitative estimate of drug-likeness (QED) is 0.734. The van der Waals surface area contributed by atoms with E-state index in [-0.39, 0.29) is 12.3 Å². The van der Waals surface area contributed by atoms with Crippen LogP contribution in [0.3, 0.4) is 0 Å². The lowest BCUT2D eigenvalue weighted by Crippen LogP contribution is -2.18. The number of carbonyl (C=O) groups is 1. The fourth-order valence-corrected chi connectivity index (χ4v) is 4.92. The number of fused-ring (bicyclic) bond motifs is 1. The smallest absolute Gasteiger partial charge is 0.229 e. The van der Waals surface area contributed by atoms with Crippen LogP contribution in [0.25, 0.3) is 5.69 Å². The maximum absolute atomic E-state index is 12.8. The maximum Gasteiger partial charge on any atom is 0.229 e. The van der Waals surface area contributed by atoms with Gasteiger partial charge in [-0.25, -0.2) is 4.68 Å². The van der Waals surface area contributed by atoms with E-state index in [1.165, 1.54) is 5.56 Å². The fourth-order valence-electron chi connectivity index (χ4n) is 3.66. The third kappa shape index (κ3) is 3.64. The molecule has 5 nitrogen and oxygen atoms in total. The Morgan fingerprint density at radius 2 is 1.89 bits per heavy atom.